The fourth-order valence-electron chi connectivity index (χ4n) is 1.97. The van der Waals surface area contributed by atoms with E-state index in [1.807, 2.05) is 19.0 Å². The van der Waals surface area contributed by atoms with Crippen molar-refractivity contribution in [3.8, 4) is 0 Å². The highest BCUT2D eigenvalue weighted by Gasteiger charge is 2.09. The quantitative estimate of drug-likeness (QED) is 0.719. The van der Waals surface area contributed by atoms with Gasteiger partial charge >= 0.3 is 0 Å². The molecule has 0 unspecified atom stereocenters. The molecule has 19 heavy (non-hydrogen) atoms. The average molecular weight is 266 g/mol. The zero-order valence-corrected chi connectivity index (χ0v) is 12.8. The Hall–Kier alpha value is -1.20. The summed E-state index contributed by atoms with van der Waals surface area (Å²) in [5, 5.41) is 3.35. The van der Waals surface area contributed by atoms with Gasteiger partial charge in [0.25, 0.3) is 0 Å². The molecular formula is C14H26N4O. The van der Waals surface area contributed by atoms with Crippen molar-refractivity contribution in [3.05, 3.63) is 17.0 Å². The number of anilines is 1. The van der Waals surface area contributed by atoms with Crippen LogP contribution >= 0.6 is 0 Å². The first-order valence-electron chi connectivity index (χ1n) is 6.77. The lowest BCUT2D eigenvalue weighted by molar-refractivity contribution is 0.199. The molecule has 0 bridgehead atoms. The minimum absolute atomic E-state index is 0.763. The van der Waals surface area contributed by atoms with Crippen LogP contribution in [-0.4, -0.2) is 50.9 Å². The predicted molar refractivity (Wildman–Crippen MR) is 78.9 cm³/mol. The van der Waals surface area contributed by atoms with Gasteiger partial charge in [0.15, 0.2) is 0 Å². The van der Waals surface area contributed by atoms with E-state index >= 15 is 0 Å². The maximum atomic E-state index is 4.99. The van der Waals surface area contributed by atoms with Gasteiger partial charge in [-0.05, 0) is 38.8 Å². The van der Waals surface area contributed by atoms with E-state index in [4.69, 9.17) is 4.74 Å². The summed E-state index contributed by atoms with van der Waals surface area (Å²) < 4.78 is 4.99. The number of hydrogen-bond donors (Lipinski definition) is 1. The van der Waals surface area contributed by atoms with Crippen LogP contribution in [0.25, 0.3) is 0 Å². The monoisotopic (exact) mass is 266 g/mol. The van der Waals surface area contributed by atoms with Gasteiger partial charge in [-0.1, -0.05) is 0 Å². The maximum absolute atomic E-state index is 4.99. The number of aromatic nitrogens is 2. The first kappa shape index (κ1) is 15.9. The molecule has 5 nitrogen and oxygen atoms in total. The first-order valence-corrected chi connectivity index (χ1v) is 6.77. The van der Waals surface area contributed by atoms with Crippen molar-refractivity contribution in [1.82, 2.24) is 15.3 Å². The molecule has 0 saturated carbocycles. The number of nitrogens with zero attached hydrogens (tertiary/aromatic N) is 3. The predicted octanol–water partition coefficient (Wildman–Crippen LogP) is 1.33. The Labute approximate surface area is 116 Å². The van der Waals surface area contributed by atoms with E-state index in [1.165, 1.54) is 5.56 Å². The van der Waals surface area contributed by atoms with Crippen LogP contribution in [0.5, 0.6) is 0 Å². The van der Waals surface area contributed by atoms with Crippen LogP contribution < -0.4 is 10.2 Å². The zero-order valence-electron chi connectivity index (χ0n) is 12.8. The van der Waals surface area contributed by atoms with Gasteiger partial charge in [-0.2, -0.15) is 0 Å². The van der Waals surface area contributed by atoms with E-state index in [9.17, 15) is 0 Å². The molecule has 0 saturated heterocycles. The van der Waals surface area contributed by atoms with E-state index in [2.05, 4.69) is 29.1 Å². The smallest absolute Gasteiger partial charge is 0.225 e. The molecule has 108 valence electrons. The number of methoxy groups -OCH3 is 1. The van der Waals surface area contributed by atoms with Crippen LogP contribution in [0.2, 0.25) is 0 Å². The highest BCUT2D eigenvalue weighted by Crippen LogP contribution is 2.15. The molecule has 5 heteroatoms. The molecule has 0 atom stereocenters. The number of aryl methyl sites for hydroxylation is 2. The topological polar surface area (TPSA) is 50.3 Å². The van der Waals surface area contributed by atoms with E-state index in [1.54, 1.807) is 7.11 Å². The van der Waals surface area contributed by atoms with Crippen molar-refractivity contribution in [2.45, 2.75) is 26.7 Å². The molecule has 1 aromatic heterocycles. The highest BCUT2D eigenvalue weighted by atomic mass is 16.5. The maximum Gasteiger partial charge on any atom is 0.225 e. The molecule has 1 rings (SSSR count). The summed E-state index contributed by atoms with van der Waals surface area (Å²) in [5.74, 6) is 0.789. The van der Waals surface area contributed by atoms with E-state index < -0.39 is 0 Å². The molecule has 0 spiro atoms. The molecule has 0 aliphatic heterocycles. The molecule has 0 radical (unpaired) electrons. The van der Waals surface area contributed by atoms with Crippen molar-refractivity contribution in [3.63, 3.8) is 0 Å². The van der Waals surface area contributed by atoms with Crippen molar-refractivity contribution in [2.24, 2.45) is 0 Å². The summed E-state index contributed by atoms with van der Waals surface area (Å²) in [6.07, 6.45) is 2.11. The molecule has 1 N–H and O–H groups in total. The summed E-state index contributed by atoms with van der Waals surface area (Å²) in [4.78, 5) is 11.0. The van der Waals surface area contributed by atoms with E-state index in [0.717, 1.165) is 49.9 Å². The van der Waals surface area contributed by atoms with Crippen molar-refractivity contribution < 1.29 is 4.74 Å². The Balaban J connectivity index is 2.50. The van der Waals surface area contributed by atoms with E-state index in [-0.39, 0.29) is 0 Å². The fourth-order valence-corrected chi connectivity index (χ4v) is 1.97. The summed E-state index contributed by atoms with van der Waals surface area (Å²) in [5.41, 5.74) is 3.46. The molecule has 0 aromatic carbocycles. The molecule has 0 aliphatic carbocycles. The SMILES string of the molecule is COCCNCCCc1c(C)nc(N(C)C)nc1C. The van der Waals surface area contributed by atoms with Gasteiger partial charge in [-0.3, -0.25) is 0 Å². The van der Waals surface area contributed by atoms with Crippen LogP contribution in [0.4, 0.5) is 5.95 Å². The second-order valence-corrected chi connectivity index (χ2v) is 4.91. The summed E-state index contributed by atoms with van der Waals surface area (Å²) in [6.45, 7) is 6.80. The van der Waals surface area contributed by atoms with Gasteiger partial charge in [0.1, 0.15) is 0 Å². The molecule has 0 amide bonds. The van der Waals surface area contributed by atoms with Crippen molar-refractivity contribution in [2.75, 3.05) is 45.8 Å². The second-order valence-electron chi connectivity index (χ2n) is 4.91. The summed E-state index contributed by atoms with van der Waals surface area (Å²) in [7, 11) is 5.65. The van der Waals surface area contributed by atoms with Gasteiger partial charge < -0.3 is 15.0 Å². The fraction of sp³-hybridized carbons (Fsp3) is 0.714. The summed E-state index contributed by atoms with van der Waals surface area (Å²) >= 11 is 0. The number of ether oxygens (including phenoxy) is 1. The van der Waals surface area contributed by atoms with Gasteiger partial charge in [0.05, 0.1) is 6.61 Å². The minimum Gasteiger partial charge on any atom is -0.383 e. The number of nitrogens with one attached hydrogen (secondary N) is 1. The highest BCUT2D eigenvalue weighted by molar-refractivity contribution is 5.35. The zero-order chi connectivity index (χ0) is 14.3. The Morgan fingerprint density at radius 2 is 1.74 bits per heavy atom. The molecule has 1 heterocycles. The molecule has 0 aliphatic rings. The molecule has 1 aromatic rings. The second kappa shape index (κ2) is 8.07. The Morgan fingerprint density at radius 3 is 2.26 bits per heavy atom. The van der Waals surface area contributed by atoms with Gasteiger partial charge in [0, 0.05) is 39.1 Å². The number of hydrogen-bond acceptors (Lipinski definition) is 5. The molecule has 0 fully saturated rings. The Morgan fingerprint density at radius 1 is 1.11 bits per heavy atom. The van der Waals surface area contributed by atoms with Crippen LogP contribution in [0.3, 0.4) is 0 Å². The lowest BCUT2D eigenvalue weighted by Crippen LogP contribution is -2.21. The Kier molecular flexibility index (Phi) is 6.73. The third-order valence-corrected chi connectivity index (χ3v) is 3.07. The van der Waals surface area contributed by atoms with Gasteiger partial charge in [0.2, 0.25) is 5.95 Å². The average Bonchev–Trinajstić information content (AvgIpc) is 2.35. The lowest BCUT2D eigenvalue weighted by atomic mass is 10.1. The first-order chi connectivity index (χ1) is 9.06. The minimum atomic E-state index is 0.763. The molecular weight excluding hydrogens is 240 g/mol. The van der Waals surface area contributed by atoms with Gasteiger partial charge in [-0.15, -0.1) is 0 Å². The van der Waals surface area contributed by atoms with Crippen LogP contribution in [0.15, 0.2) is 0 Å². The van der Waals surface area contributed by atoms with E-state index in [0.29, 0.717) is 0 Å². The third kappa shape index (κ3) is 5.12. The standard InChI is InChI=1S/C14H26N4O/c1-11-13(7-6-8-15-9-10-19-5)12(2)17-14(16-11)18(3)4/h15H,6-10H2,1-5H3. The van der Waals surface area contributed by atoms with Crippen LogP contribution in [-0.2, 0) is 11.2 Å². The third-order valence-electron chi connectivity index (χ3n) is 3.07. The Bertz CT molecular complexity index is 370. The lowest BCUT2D eigenvalue weighted by Gasteiger charge is -2.15. The van der Waals surface area contributed by atoms with Crippen LogP contribution in [0, 0.1) is 13.8 Å². The largest absolute Gasteiger partial charge is 0.383 e. The van der Waals surface area contributed by atoms with Gasteiger partial charge in [-0.25, -0.2) is 9.97 Å². The summed E-state index contributed by atoms with van der Waals surface area (Å²) in [6, 6.07) is 0. The van der Waals surface area contributed by atoms with Crippen molar-refractivity contribution >= 4 is 5.95 Å². The normalized spacial score (nSPS) is 10.8. The van der Waals surface area contributed by atoms with Crippen LogP contribution in [0.1, 0.15) is 23.4 Å². The number of rotatable bonds is 8. The van der Waals surface area contributed by atoms with Crippen molar-refractivity contribution in [1.29, 1.82) is 0 Å².